The Labute approximate surface area is 180 Å². The molecule has 1 atom stereocenters. The van der Waals surface area contributed by atoms with Gasteiger partial charge in [-0.05, 0) is 53.4 Å². The van der Waals surface area contributed by atoms with Crippen molar-refractivity contribution in [1.29, 1.82) is 5.41 Å². The van der Waals surface area contributed by atoms with Crippen LogP contribution in [0.3, 0.4) is 0 Å². The number of rotatable bonds is 9. The van der Waals surface area contributed by atoms with Crippen LogP contribution in [0.4, 0.5) is 8.78 Å². The first-order chi connectivity index (χ1) is 14.9. The molecule has 0 bridgehead atoms. The number of nitrogens with one attached hydrogen (secondary N) is 1. The highest BCUT2D eigenvalue weighted by Gasteiger charge is 2.23. The summed E-state index contributed by atoms with van der Waals surface area (Å²) < 4.78 is 40.8. The minimum atomic E-state index is -2.87. The van der Waals surface area contributed by atoms with Gasteiger partial charge in [0.25, 0.3) is 0 Å². The summed E-state index contributed by atoms with van der Waals surface area (Å²) in [6.45, 7) is 1.33. The van der Waals surface area contributed by atoms with E-state index in [4.69, 9.17) is 14.9 Å². The molecule has 0 aliphatic heterocycles. The van der Waals surface area contributed by atoms with Crippen LogP contribution in [-0.2, 0) is 11.3 Å². The Morgan fingerprint density at radius 3 is 2.16 bits per heavy atom. The van der Waals surface area contributed by atoms with Crippen molar-refractivity contribution in [3.8, 4) is 17.2 Å². The van der Waals surface area contributed by atoms with Gasteiger partial charge in [-0.3, -0.25) is 5.41 Å². The van der Waals surface area contributed by atoms with Gasteiger partial charge in [0.15, 0.2) is 5.90 Å². The van der Waals surface area contributed by atoms with Crippen molar-refractivity contribution in [3.05, 3.63) is 90.0 Å². The van der Waals surface area contributed by atoms with E-state index in [-0.39, 0.29) is 30.1 Å². The zero-order valence-corrected chi connectivity index (χ0v) is 17.4. The number of ether oxygens (including phenoxy) is 3. The summed E-state index contributed by atoms with van der Waals surface area (Å²) in [5.74, 6) is 1.42. The highest BCUT2D eigenvalue weighted by Crippen LogP contribution is 2.29. The van der Waals surface area contributed by atoms with Crippen LogP contribution in [0.1, 0.15) is 30.9 Å². The predicted molar refractivity (Wildman–Crippen MR) is 116 cm³/mol. The van der Waals surface area contributed by atoms with Gasteiger partial charge < -0.3 is 14.2 Å². The Balaban J connectivity index is 1.64. The fourth-order valence-corrected chi connectivity index (χ4v) is 3.27. The third kappa shape index (κ3) is 6.54. The van der Waals surface area contributed by atoms with Gasteiger partial charge in [-0.25, -0.2) is 0 Å². The van der Waals surface area contributed by atoms with E-state index in [1.807, 2.05) is 68.4 Å². The quantitative estimate of drug-likeness (QED) is 0.296. The standard InChI is InChI=1S/C25H25F2NO3/c1-17(2)23(19-11-13-21(14-12-19)31-25(26)27)24(28)29-16-18-7-6-10-22(15-18)30-20-8-4-3-5-9-20/h3-15,17,23,25,28H,16H2,1-2H3. The summed E-state index contributed by atoms with van der Waals surface area (Å²) in [5, 5.41) is 8.46. The highest BCUT2D eigenvalue weighted by molar-refractivity contribution is 5.81. The Kier molecular flexibility index (Phi) is 7.60. The molecule has 162 valence electrons. The summed E-state index contributed by atoms with van der Waals surface area (Å²) >= 11 is 0. The summed E-state index contributed by atoms with van der Waals surface area (Å²) in [4.78, 5) is 0. The summed E-state index contributed by atoms with van der Waals surface area (Å²) in [5.41, 5.74) is 1.68. The number of alkyl halides is 2. The monoisotopic (exact) mass is 425 g/mol. The molecule has 3 rings (SSSR count). The van der Waals surface area contributed by atoms with Gasteiger partial charge in [0.1, 0.15) is 23.9 Å². The molecular formula is C25H25F2NO3. The molecule has 1 N–H and O–H groups in total. The lowest BCUT2D eigenvalue weighted by Crippen LogP contribution is -2.20. The van der Waals surface area contributed by atoms with Crippen LogP contribution in [-0.4, -0.2) is 12.5 Å². The maximum atomic E-state index is 12.4. The zero-order valence-electron chi connectivity index (χ0n) is 17.4. The Morgan fingerprint density at radius 2 is 1.52 bits per heavy atom. The van der Waals surface area contributed by atoms with Crippen molar-refractivity contribution < 1.29 is 23.0 Å². The van der Waals surface area contributed by atoms with Crippen molar-refractivity contribution in [1.82, 2.24) is 0 Å². The molecule has 3 aromatic rings. The molecule has 31 heavy (non-hydrogen) atoms. The van der Waals surface area contributed by atoms with Crippen LogP contribution in [0.5, 0.6) is 17.2 Å². The fraction of sp³-hybridized carbons (Fsp3) is 0.240. The van der Waals surface area contributed by atoms with Crippen LogP contribution >= 0.6 is 0 Å². The third-order valence-corrected chi connectivity index (χ3v) is 4.69. The molecule has 3 aromatic carbocycles. The van der Waals surface area contributed by atoms with E-state index in [9.17, 15) is 8.78 Å². The number of hydrogen-bond acceptors (Lipinski definition) is 4. The smallest absolute Gasteiger partial charge is 0.387 e. The lowest BCUT2D eigenvalue weighted by atomic mass is 9.88. The lowest BCUT2D eigenvalue weighted by Gasteiger charge is -2.23. The van der Waals surface area contributed by atoms with Crippen molar-refractivity contribution >= 4 is 5.90 Å². The van der Waals surface area contributed by atoms with Gasteiger partial charge >= 0.3 is 6.61 Å². The van der Waals surface area contributed by atoms with Gasteiger partial charge in [-0.2, -0.15) is 8.78 Å². The van der Waals surface area contributed by atoms with Crippen LogP contribution in [0.2, 0.25) is 0 Å². The molecule has 0 amide bonds. The topological polar surface area (TPSA) is 51.5 Å². The second kappa shape index (κ2) is 10.6. The highest BCUT2D eigenvalue weighted by atomic mass is 19.3. The average molecular weight is 425 g/mol. The molecule has 0 aliphatic carbocycles. The van der Waals surface area contributed by atoms with E-state index in [0.717, 1.165) is 16.9 Å². The fourth-order valence-electron chi connectivity index (χ4n) is 3.27. The van der Waals surface area contributed by atoms with Crippen LogP contribution < -0.4 is 9.47 Å². The summed E-state index contributed by atoms with van der Waals surface area (Å²) in [7, 11) is 0. The lowest BCUT2D eigenvalue weighted by molar-refractivity contribution is -0.0498. The number of hydrogen-bond donors (Lipinski definition) is 1. The first-order valence-corrected chi connectivity index (χ1v) is 10.00. The zero-order chi connectivity index (χ0) is 22.2. The summed E-state index contributed by atoms with van der Waals surface area (Å²) in [6, 6.07) is 23.4. The van der Waals surface area contributed by atoms with Crippen molar-refractivity contribution in [2.75, 3.05) is 0 Å². The maximum Gasteiger partial charge on any atom is 0.387 e. The van der Waals surface area contributed by atoms with Crippen molar-refractivity contribution in [2.45, 2.75) is 33.0 Å². The number of benzene rings is 3. The molecule has 0 fully saturated rings. The Hall–Kier alpha value is -3.41. The molecule has 4 nitrogen and oxygen atoms in total. The maximum absolute atomic E-state index is 12.4. The molecule has 0 aromatic heterocycles. The molecule has 0 aliphatic rings. The van der Waals surface area contributed by atoms with Crippen molar-refractivity contribution in [2.24, 2.45) is 5.92 Å². The minimum Gasteiger partial charge on any atom is -0.476 e. The normalized spacial score (nSPS) is 11.9. The molecule has 1 unspecified atom stereocenters. The number of halogens is 2. The van der Waals surface area contributed by atoms with Crippen LogP contribution in [0.15, 0.2) is 78.9 Å². The van der Waals surface area contributed by atoms with Crippen LogP contribution in [0, 0.1) is 11.3 Å². The molecule has 0 saturated carbocycles. The van der Waals surface area contributed by atoms with Gasteiger partial charge in [0, 0.05) is 0 Å². The van der Waals surface area contributed by atoms with E-state index < -0.39 is 6.61 Å². The van der Waals surface area contributed by atoms with E-state index in [2.05, 4.69) is 4.74 Å². The first-order valence-electron chi connectivity index (χ1n) is 10.00. The minimum absolute atomic E-state index is 0.0853. The second-order valence-corrected chi connectivity index (χ2v) is 7.38. The summed E-state index contributed by atoms with van der Waals surface area (Å²) in [6.07, 6.45) is 0. The molecular weight excluding hydrogens is 400 g/mol. The Morgan fingerprint density at radius 1 is 0.839 bits per heavy atom. The predicted octanol–water partition coefficient (Wildman–Crippen LogP) is 7.01. The van der Waals surface area contributed by atoms with Crippen molar-refractivity contribution in [3.63, 3.8) is 0 Å². The molecule has 0 heterocycles. The largest absolute Gasteiger partial charge is 0.476 e. The average Bonchev–Trinajstić information content (AvgIpc) is 2.74. The molecule has 6 heteroatoms. The number of para-hydroxylation sites is 1. The molecule has 0 radical (unpaired) electrons. The van der Waals surface area contributed by atoms with Gasteiger partial charge in [-0.1, -0.05) is 56.3 Å². The van der Waals surface area contributed by atoms with Crippen LogP contribution in [0.25, 0.3) is 0 Å². The molecule has 0 spiro atoms. The van der Waals surface area contributed by atoms with Gasteiger partial charge in [0.05, 0.1) is 5.92 Å². The second-order valence-electron chi connectivity index (χ2n) is 7.38. The first kappa shape index (κ1) is 22.3. The Bertz CT molecular complexity index is 976. The van der Waals surface area contributed by atoms with E-state index in [1.54, 1.807) is 12.1 Å². The van der Waals surface area contributed by atoms with Gasteiger partial charge in [0.2, 0.25) is 0 Å². The van der Waals surface area contributed by atoms with Gasteiger partial charge in [-0.15, -0.1) is 0 Å². The van der Waals surface area contributed by atoms with E-state index in [1.165, 1.54) is 12.1 Å². The SMILES string of the molecule is CC(C)C(C(=N)OCc1cccc(Oc2ccccc2)c1)c1ccc(OC(F)F)cc1. The molecule has 0 saturated heterocycles. The van der Waals surface area contributed by atoms with E-state index >= 15 is 0 Å². The third-order valence-electron chi connectivity index (χ3n) is 4.69. The van der Waals surface area contributed by atoms with E-state index in [0.29, 0.717) is 5.75 Å².